The molecule has 5 rings (SSSR count). The number of fused-ring (bicyclic) bond motifs is 4. The Morgan fingerprint density at radius 1 is 1.06 bits per heavy atom. The minimum atomic E-state index is -1.00. The van der Waals surface area contributed by atoms with Crippen molar-refractivity contribution in [3.63, 3.8) is 0 Å². The first-order valence-corrected chi connectivity index (χ1v) is 12.1. The van der Waals surface area contributed by atoms with Gasteiger partial charge in [0.1, 0.15) is 12.6 Å². The minimum absolute atomic E-state index is 0.00114. The molecule has 0 heterocycles. The smallest absolute Gasteiger partial charge is 0.407 e. The Kier molecular flexibility index (Phi) is 5.80. The Morgan fingerprint density at radius 2 is 1.71 bits per heavy atom. The lowest BCUT2D eigenvalue weighted by Gasteiger charge is -2.21. The van der Waals surface area contributed by atoms with Crippen LogP contribution in [0.1, 0.15) is 56.1 Å². The van der Waals surface area contributed by atoms with E-state index in [0.717, 1.165) is 17.5 Å². The van der Waals surface area contributed by atoms with Gasteiger partial charge in [-0.3, -0.25) is 4.79 Å². The normalized spacial score (nSPS) is 25.0. The molecule has 178 valence electrons. The first-order chi connectivity index (χ1) is 16.4. The largest absolute Gasteiger partial charge is 0.480 e. The molecule has 0 saturated heterocycles. The summed E-state index contributed by atoms with van der Waals surface area (Å²) in [6.45, 7) is 2.14. The van der Waals surface area contributed by atoms with Crippen molar-refractivity contribution in [2.75, 3.05) is 6.61 Å². The summed E-state index contributed by atoms with van der Waals surface area (Å²) in [7, 11) is 0. The fourth-order valence-corrected chi connectivity index (χ4v) is 5.94. The summed E-state index contributed by atoms with van der Waals surface area (Å²) in [6, 6.07) is 15.4. The zero-order valence-corrected chi connectivity index (χ0v) is 19.3. The number of aliphatic carboxylic acids is 1. The topological polar surface area (TPSA) is 105 Å². The maximum atomic E-state index is 12.8. The Hall–Kier alpha value is -3.35. The van der Waals surface area contributed by atoms with Gasteiger partial charge in [-0.15, -0.1) is 0 Å². The molecule has 0 aliphatic heterocycles. The lowest BCUT2D eigenvalue weighted by molar-refractivity contribution is -0.143. The second-order valence-corrected chi connectivity index (χ2v) is 9.82. The van der Waals surface area contributed by atoms with Gasteiger partial charge >= 0.3 is 12.1 Å². The first-order valence-electron chi connectivity index (χ1n) is 12.1. The van der Waals surface area contributed by atoms with E-state index in [4.69, 9.17) is 4.74 Å². The van der Waals surface area contributed by atoms with Crippen LogP contribution < -0.4 is 10.6 Å². The average molecular weight is 463 g/mol. The number of ether oxygens (including phenoxy) is 1. The van der Waals surface area contributed by atoms with Crippen LogP contribution in [0.15, 0.2) is 48.5 Å². The average Bonchev–Trinajstić information content (AvgIpc) is 3.25. The Morgan fingerprint density at radius 3 is 2.32 bits per heavy atom. The van der Waals surface area contributed by atoms with Crippen LogP contribution in [0, 0.1) is 11.3 Å². The van der Waals surface area contributed by atoms with Gasteiger partial charge in [0.2, 0.25) is 5.91 Å². The Balaban J connectivity index is 1.17. The number of alkyl carbamates (subject to hydrolysis) is 1. The molecule has 7 nitrogen and oxygen atoms in total. The van der Waals surface area contributed by atoms with E-state index in [9.17, 15) is 19.5 Å². The van der Waals surface area contributed by atoms with E-state index in [1.807, 2.05) is 31.2 Å². The van der Waals surface area contributed by atoms with Crippen molar-refractivity contribution in [1.82, 2.24) is 10.6 Å². The van der Waals surface area contributed by atoms with Gasteiger partial charge in [-0.05, 0) is 53.9 Å². The van der Waals surface area contributed by atoms with Gasteiger partial charge < -0.3 is 20.5 Å². The number of carbonyl (C=O) groups excluding carboxylic acids is 2. The van der Waals surface area contributed by atoms with Crippen LogP contribution in [-0.4, -0.2) is 41.8 Å². The highest BCUT2D eigenvalue weighted by molar-refractivity contribution is 5.90. The lowest BCUT2D eigenvalue weighted by Crippen LogP contribution is -2.45. The van der Waals surface area contributed by atoms with Gasteiger partial charge in [-0.2, -0.15) is 0 Å². The zero-order chi connectivity index (χ0) is 23.9. The molecule has 2 fully saturated rings. The number of carboxylic acid groups (broad SMARTS) is 1. The monoisotopic (exact) mass is 462 g/mol. The molecule has 3 aliphatic rings. The number of nitrogens with one attached hydrogen (secondary N) is 2. The highest BCUT2D eigenvalue weighted by Gasteiger charge is 2.65. The predicted molar refractivity (Wildman–Crippen MR) is 126 cm³/mol. The van der Waals surface area contributed by atoms with Crippen molar-refractivity contribution < 1.29 is 24.2 Å². The second kappa shape index (κ2) is 8.78. The van der Waals surface area contributed by atoms with Crippen LogP contribution in [0.2, 0.25) is 0 Å². The first kappa shape index (κ1) is 22.4. The molecule has 0 bridgehead atoms. The Bertz CT molecular complexity index is 1090. The molecule has 3 aliphatic carbocycles. The van der Waals surface area contributed by atoms with E-state index >= 15 is 0 Å². The zero-order valence-electron chi connectivity index (χ0n) is 19.3. The lowest BCUT2D eigenvalue weighted by atomic mass is 9.98. The third kappa shape index (κ3) is 3.93. The van der Waals surface area contributed by atoms with Crippen molar-refractivity contribution in [3.8, 4) is 11.1 Å². The van der Waals surface area contributed by atoms with Gasteiger partial charge in [0.25, 0.3) is 0 Å². The third-order valence-electron chi connectivity index (χ3n) is 7.71. The summed E-state index contributed by atoms with van der Waals surface area (Å²) in [6.07, 6.45) is 2.59. The predicted octanol–water partition coefficient (Wildman–Crippen LogP) is 4.06. The number of hydrogen-bond donors (Lipinski definition) is 3. The fraction of sp³-hybridized carbons (Fsp3) is 0.444. The second-order valence-electron chi connectivity index (χ2n) is 9.82. The summed E-state index contributed by atoms with van der Waals surface area (Å²) >= 11 is 0. The SMILES string of the molecule is CCC[C@@H](NC(=O)C12CC(NC(=O)OCC3c4ccccc4-c4ccccc43)CC1C2)C(=O)O. The van der Waals surface area contributed by atoms with Crippen LogP contribution in [0.4, 0.5) is 4.79 Å². The van der Waals surface area contributed by atoms with Crippen LogP contribution in [-0.2, 0) is 14.3 Å². The molecule has 2 saturated carbocycles. The molecule has 0 spiro atoms. The van der Waals surface area contributed by atoms with E-state index < -0.39 is 23.5 Å². The standard InChI is InChI=1S/C27H30N2O5/c1-2-7-23(24(30)31)29-25(32)27-13-16(27)12-17(14-27)28-26(33)34-15-22-20-10-5-3-8-18(20)19-9-4-6-11-21(19)22/h3-6,8-11,16-17,22-23H,2,7,12-15H2,1H3,(H,28,33)(H,29,32)(H,30,31)/t16?,17?,23-,27?/m1/s1. The van der Waals surface area contributed by atoms with Crippen molar-refractivity contribution in [3.05, 3.63) is 59.7 Å². The molecular formula is C27H30N2O5. The molecule has 4 atom stereocenters. The maximum Gasteiger partial charge on any atom is 0.407 e. The number of carbonyl (C=O) groups is 3. The molecule has 0 aromatic heterocycles. The molecule has 3 unspecified atom stereocenters. The summed E-state index contributed by atoms with van der Waals surface area (Å²) < 4.78 is 5.64. The molecule has 3 N–H and O–H groups in total. The third-order valence-corrected chi connectivity index (χ3v) is 7.71. The molecule has 0 radical (unpaired) electrons. The van der Waals surface area contributed by atoms with Gasteiger partial charge in [0, 0.05) is 12.0 Å². The number of carboxylic acids is 1. The summed E-state index contributed by atoms with van der Waals surface area (Å²) in [5, 5.41) is 15.0. The van der Waals surface area contributed by atoms with Crippen LogP contribution in [0.25, 0.3) is 11.1 Å². The molecule has 7 heteroatoms. The van der Waals surface area contributed by atoms with Gasteiger partial charge in [-0.1, -0.05) is 61.9 Å². The van der Waals surface area contributed by atoms with Crippen LogP contribution in [0.3, 0.4) is 0 Å². The number of hydrogen-bond acceptors (Lipinski definition) is 4. The number of amides is 2. The summed E-state index contributed by atoms with van der Waals surface area (Å²) in [4.78, 5) is 36.9. The van der Waals surface area contributed by atoms with E-state index in [1.165, 1.54) is 11.1 Å². The van der Waals surface area contributed by atoms with Crippen LogP contribution in [0.5, 0.6) is 0 Å². The Labute approximate surface area is 198 Å². The van der Waals surface area contributed by atoms with Gasteiger partial charge in [0.15, 0.2) is 0 Å². The van der Waals surface area contributed by atoms with Crippen LogP contribution >= 0.6 is 0 Å². The van der Waals surface area contributed by atoms with E-state index in [0.29, 0.717) is 25.7 Å². The molecule has 2 aromatic carbocycles. The van der Waals surface area contributed by atoms with Gasteiger partial charge in [-0.25, -0.2) is 9.59 Å². The molecule has 2 aromatic rings. The highest BCUT2D eigenvalue weighted by atomic mass is 16.5. The molecule has 34 heavy (non-hydrogen) atoms. The van der Waals surface area contributed by atoms with Crippen molar-refractivity contribution in [1.29, 1.82) is 0 Å². The summed E-state index contributed by atoms with van der Waals surface area (Å²) in [5.74, 6) is -1.02. The number of benzene rings is 2. The van der Waals surface area contributed by atoms with E-state index in [2.05, 4.69) is 34.9 Å². The van der Waals surface area contributed by atoms with Gasteiger partial charge in [0.05, 0.1) is 5.41 Å². The minimum Gasteiger partial charge on any atom is -0.480 e. The van der Waals surface area contributed by atoms with Crippen molar-refractivity contribution in [2.45, 2.75) is 57.0 Å². The van der Waals surface area contributed by atoms with E-state index in [-0.39, 0.29) is 30.4 Å². The summed E-state index contributed by atoms with van der Waals surface area (Å²) in [5.41, 5.74) is 4.13. The van der Waals surface area contributed by atoms with E-state index in [1.54, 1.807) is 0 Å². The molecular weight excluding hydrogens is 432 g/mol. The molecule has 2 amide bonds. The maximum absolute atomic E-state index is 12.8. The van der Waals surface area contributed by atoms with Crippen molar-refractivity contribution in [2.24, 2.45) is 11.3 Å². The highest BCUT2D eigenvalue weighted by Crippen LogP contribution is 2.63. The van der Waals surface area contributed by atoms with Crippen molar-refractivity contribution >= 4 is 18.0 Å². The fourth-order valence-electron chi connectivity index (χ4n) is 5.94. The number of rotatable bonds is 8. The quantitative estimate of drug-likeness (QED) is 0.549.